The average molecular weight is 237 g/mol. The lowest BCUT2D eigenvalue weighted by Crippen LogP contribution is -2.37. The maximum Gasteiger partial charge on any atom is 0.317 e. The van der Waals surface area contributed by atoms with Gasteiger partial charge in [-0.1, -0.05) is 26.0 Å². The first-order valence-electron chi connectivity index (χ1n) is 5.50. The molecule has 16 heavy (non-hydrogen) atoms. The van der Waals surface area contributed by atoms with E-state index in [9.17, 15) is 0 Å². The smallest absolute Gasteiger partial charge is 0.317 e. The van der Waals surface area contributed by atoms with Gasteiger partial charge in [0.05, 0.1) is 6.61 Å². The number of para-hydroxylation sites is 2. The van der Waals surface area contributed by atoms with Crippen LogP contribution < -0.4 is 4.57 Å². The summed E-state index contributed by atoms with van der Waals surface area (Å²) in [6.07, 6.45) is 0. The summed E-state index contributed by atoms with van der Waals surface area (Å²) in [5, 5.41) is 10.8. The second kappa shape index (κ2) is 4.89. The minimum absolute atomic E-state index is 0.165. The highest BCUT2D eigenvalue weighted by Crippen LogP contribution is 2.21. The third kappa shape index (κ3) is 2.23. The number of rotatable bonds is 4. The molecule has 0 saturated carbocycles. The van der Waals surface area contributed by atoms with Crippen molar-refractivity contribution >= 4 is 22.8 Å². The van der Waals surface area contributed by atoms with Crippen LogP contribution in [0, 0.1) is 0 Å². The lowest BCUT2D eigenvalue weighted by molar-refractivity contribution is -0.709. The van der Waals surface area contributed by atoms with Gasteiger partial charge in [0.15, 0.2) is 11.0 Å². The molecule has 0 atom stereocenters. The van der Waals surface area contributed by atoms with Gasteiger partial charge in [0, 0.05) is 5.25 Å². The summed E-state index contributed by atoms with van der Waals surface area (Å²) in [4.78, 5) is 3.40. The van der Waals surface area contributed by atoms with Crippen molar-refractivity contribution in [3.8, 4) is 0 Å². The number of nitrogens with one attached hydrogen (secondary N) is 1. The van der Waals surface area contributed by atoms with Crippen LogP contribution in [0.3, 0.4) is 0 Å². The number of fused-ring (bicyclic) bond motifs is 1. The van der Waals surface area contributed by atoms with Gasteiger partial charge >= 0.3 is 5.16 Å². The summed E-state index contributed by atoms with van der Waals surface area (Å²) >= 11 is 1.79. The van der Waals surface area contributed by atoms with E-state index in [1.54, 1.807) is 11.8 Å². The van der Waals surface area contributed by atoms with E-state index >= 15 is 0 Å². The van der Waals surface area contributed by atoms with E-state index in [1.165, 1.54) is 0 Å². The monoisotopic (exact) mass is 237 g/mol. The summed E-state index contributed by atoms with van der Waals surface area (Å²) in [5.74, 6) is 0. The summed E-state index contributed by atoms with van der Waals surface area (Å²) in [5.41, 5.74) is 2.28. The summed E-state index contributed by atoms with van der Waals surface area (Å²) in [6.45, 7) is 5.14. The van der Waals surface area contributed by atoms with Gasteiger partial charge in [-0.25, -0.2) is 9.55 Å². The minimum Gasteiger partial charge on any atom is -0.392 e. The molecule has 0 saturated heterocycles. The Morgan fingerprint density at radius 1 is 1.38 bits per heavy atom. The van der Waals surface area contributed by atoms with E-state index in [-0.39, 0.29) is 6.61 Å². The van der Waals surface area contributed by atoms with Crippen molar-refractivity contribution in [1.82, 2.24) is 4.98 Å². The van der Waals surface area contributed by atoms with Gasteiger partial charge in [0.1, 0.15) is 6.54 Å². The van der Waals surface area contributed by atoms with Crippen LogP contribution in [0.5, 0.6) is 0 Å². The van der Waals surface area contributed by atoms with Gasteiger partial charge < -0.3 is 5.11 Å². The van der Waals surface area contributed by atoms with Gasteiger partial charge in [-0.3, -0.25) is 0 Å². The van der Waals surface area contributed by atoms with Crippen LogP contribution in [0.15, 0.2) is 29.4 Å². The summed E-state index contributed by atoms with van der Waals surface area (Å²) in [7, 11) is 0. The van der Waals surface area contributed by atoms with Crippen molar-refractivity contribution in [3.05, 3.63) is 24.3 Å². The second-order valence-corrected chi connectivity index (χ2v) is 5.55. The number of thioether (sulfide) groups is 1. The fourth-order valence-electron chi connectivity index (χ4n) is 1.75. The molecule has 0 amide bonds. The van der Waals surface area contributed by atoms with Crippen molar-refractivity contribution < 1.29 is 9.67 Å². The quantitative estimate of drug-likeness (QED) is 0.630. The number of aliphatic hydroxyl groups is 1. The van der Waals surface area contributed by atoms with E-state index < -0.39 is 0 Å². The third-order valence-corrected chi connectivity index (χ3v) is 3.37. The van der Waals surface area contributed by atoms with E-state index in [4.69, 9.17) is 5.11 Å². The van der Waals surface area contributed by atoms with Crippen molar-refractivity contribution in [2.45, 2.75) is 30.8 Å². The molecule has 0 aliphatic rings. The minimum atomic E-state index is 0.165. The number of aromatic amines is 1. The van der Waals surface area contributed by atoms with E-state index in [0.717, 1.165) is 16.2 Å². The zero-order valence-electron chi connectivity index (χ0n) is 9.60. The van der Waals surface area contributed by atoms with Gasteiger partial charge in [-0.15, -0.1) is 0 Å². The first-order chi connectivity index (χ1) is 7.72. The van der Waals surface area contributed by atoms with E-state index in [2.05, 4.69) is 35.5 Å². The number of benzene rings is 1. The molecule has 1 aromatic heterocycles. The Bertz CT molecular complexity index is 479. The van der Waals surface area contributed by atoms with Gasteiger partial charge in [0.25, 0.3) is 0 Å². The molecule has 0 fully saturated rings. The largest absolute Gasteiger partial charge is 0.392 e. The highest BCUT2D eigenvalue weighted by atomic mass is 32.2. The molecular formula is C12H17N2OS+. The van der Waals surface area contributed by atoms with Crippen molar-refractivity contribution in [1.29, 1.82) is 0 Å². The Balaban J connectivity index is 2.49. The lowest BCUT2D eigenvalue weighted by Gasteiger charge is -2.01. The fourth-order valence-corrected chi connectivity index (χ4v) is 2.68. The molecule has 86 valence electrons. The molecule has 2 aromatic rings. The number of imidazole rings is 1. The third-order valence-electron chi connectivity index (χ3n) is 2.35. The first kappa shape index (κ1) is 11.5. The van der Waals surface area contributed by atoms with Gasteiger partial charge in [0.2, 0.25) is 0 Å². The van der Waals surface area contributed by atoms with Crippen LogP contribution in [0.2, 0.25) is 0 Å². The van der Waals surface area contributed by atoms with Crippen LogP contribution in [0.4, 0.5) is 0 Å². The molecular weight excluding hydrogens is 220 g/mol. The summed E-state index contributed by atoms with van der Waals surface area (Å²) < 4.78 is 2.14. The normalized spacial score (nSPS) is 11.5. The highest BCUT2D eigenvalue weighted by Gasteiger charge is 2.18. The fraction of sp³-hybridized carbons (Fsp3) is 0.417. The van der Waals surface area contributed by atoms with E-state index in [0.29, 0.717) is 11.8 Å². The number of aliphatic hydroxyl groups excluding tert-OH is 1. The topological polar surface area (TPSA) is 39.9 Å². The Kier molecular flexibility index (Phi) is 3.51. The van der Waals surface area contributed by atoms with Crippen molar-refractivity contribution in [2.24, 2.45) is 0 Å². The standard InChI is InChI=1S/C12H16N2OS/c1-9(2)16-12-13-10-5-3-4-6-11(10)14(12)7-8-15/h3-6,9,15H,7-8H2,1-2H3/p+1. The molecule has 2 N–H and O–H groups in total. The average Bonchev–Trinajstić information content (AvgIpc) is 2.57. The molecule has 0 bridgehead atoms. The highest BCUT2D eigenvalue weighted by molar-refractivity contribution is 7.99. The molecule has 4 heteroatoms. The lowest BCUT2D eigenvalue weighted by atomic mass is 10.3. The molecule has 0 spiro atoms. The van der Waals surface area contributed by atoms with Crippen LogP contribution in [-0.2, 0) is 6.54 Å². The molecule has 0 radical (unpaired) electrons. The predicted molar refractivity (Wildman–Crippen MR) is 66.6 cm³/mol. The molecule has 1 heterocycles. The number of hydrogen-bond acceptors (Lipinski definition) is 2. The molecule has 3 nitrogen and oxygen atoms in total. The first-order valence-corrected chi connectivity index (χ1v) is 6.38. The molecule has 0 aliphatic heterocycles. The van der Waals surface area contributed by atoms with Crippen LogP contribution in [0.25, 0.3) is 11.0 Å². The van der Waals surface area contributed by atoms with Crippen LogP contribution >= 0.6 is 11.8 Å². The SMILES string of the molecule is CC(C)Sc1[nH]c2ccccc2[n+]1CCO. The van der Waals surface area contributed by atoms with Crippen molar-refractivity contribution in [2.75, 3.05) is 6.61 Å². The Labute approximate surface area is 99.5 Å². The second-order valence-electron chi connectivity index (χ2n) is 3.99. The number of aromatic nitrogens is 2. The Morgan fingerprint density at radius 2 is 2.12 bits per heavy atom. The summed E-state index contributed by atoms with van der Waals surface area (Å²) in [6, 6.07) is 8.18. The molecule has 0 unspecified atom stereocenters. The zero-order valence-corrected chi connectivity index (χ0v) is 10.4. The molecule has 1 aromatic carbocycles. The van der Waals surface area contributed by atoms with Crippen molar-refractivity contribution in [3.63, 3.8) is 0 Å². The number of H-pyrrole nitrogens is 1. The Hall–Kier alpha value is -1.00. The predicted octanol–water partition coefficient (Wildman–Crippen LogP) is 1.95. The van der Waals surface area contributed by atoms with Crippen LogP contribution in [0.1, 0.15) is 13.8 Å². The molecule has 2 rings (SSSR count). The van der Waals surface area contributed by atoms with Gasteiger partial charge in [-0.2, -0.15) is 0 Å². The van der Waals surface area contributed by atoms with Gasteiger partial charge in [-0.05, 0) is 23.9 Å². The number of hydrogen-bond donors (Lipinski definition) is 2. The van der Waals surface area contributed by atoms with E-state index in [1.807, 2.05) is 12.1 Å². The van der Waals surface area contributed by atoms with Crippen LogP contribution in [-0.4, -0.2) is 21.9 Å². The maximum absolute atomic E-state index is 9.11. The number of nitrogens with zero attached hydrogens (tertiary/aromatic N) is 1. The maximum atomic E-state index is 9.11. The zero-order chi connectivity index (χ0) is 11.5. The molecule has 0 aliphatic carbocycles. The Morgan fingerprint density at radius 3 is 2.81 bits per heavy atom.